The van der Waals surface area contributed by atoms with E-state index in [1.807, 2.05) is 4.68 Å². The zero-order chi connectivity index (χ0) is 13.5. The Morgan fingerprint density at radius 1 is 1.37 bits per heavy atom. The van der Waals surface area contributed by atoms with E-state index in [-0.39, 0.29) is 0 Å². The number of hydrogen-bond donors (Lipinski definition) is 1. The lowest BCUT2D eigenvalue weighted by molar-refractivity contribution is 0.227. The monoisotopic (exact) mass is 266 g/mol. The van der Waals surface area contributed by atoms with E-state index in [9.17, 15) is 0 Å². The molecular formula is C13H26N6. The number of piperidine rings is 1. The minimum Gasteiger partial charge on any atom is -0.317 e. The van der Waals surface area contributed by atoms with Gasteiger partial charge in [0.25, 0.3) is 0 Å². The molecule has 1 aromatic rings. The van der Waals surface area contributed by atoms with Gasteiger partial charge in [0.15, 0.2) is 5.82 Å². The summed E-state index contributed by atoms with van der Waals surface area (Å²) in [5.41, 5.74) is 0. The summed E-state index contributed by atoms with van der Waals surface area (Å²) in [5.74, 6) is 1.80. The Bertz CT molecular complexity index is 358. The van der Waals surface area contributed by atoms with Gasteiger partial charge in [-0.2, -0.15) is 0 Å². The van der Waals surface area contributed by atoms with Crippen LogP contribution in [0.2, 0.25) is 0 Å². The number of nitrogens with zero attached hydrogens (tertiary/aromatic N) is 5. The highest BCUT2D eigenvalue weighted by Gasteiger charge is 2.16. The van der Waals surface area contributed by atoms with Gasteiger partial charge in [-0.15, -0.1) is 5.10 Å². The summed E-state index contributed by atoms with van der Waals surface area (Å²) in [6.07, 6.45) is 4.87. The number of aryl methyl sites for hydroxylation is 1. The number of aromatic nitrogens is 4. The number of tetrazole rings is 1. The molecule has 0 unspecified atom stereocenters. The molecule has 2 rings (SSSR count). The van der Waals surface area contributed by atoms with E-state index in [0.717, 1.165) is 50.9 Å². The molecule has 2 heterocycles. The van der Waals surface area contributed by atoms with Crippen LogP contribution < -0.4 is 5.32 Å². The van der Waals surface area contributed by atoms with Gasteiger partial charge in [-0.3, -0.25) is 4.90 Å². The molecular weight excluding hydrogens is 240 g/mol. The first-order valence-electron chi connectivity index (χ1n) is 7.44. The van der Waals surface area contributed by atoms with E-state index in [1.165, 1.54) is 19.3 Å². The fourth-order valence-electron chi connectivity index (χ4n) is 2.63. The third kappa shape index (κ3) is 4.54. The van der Waals surface area contributed by atoms with E-state index in [1.54, 1.807) is 0 Å². The minimum atomic E-state index is 0.811. The highest BCUT2D eigenvalue weighted by molar-refractivity contribution is 4.81. The first-order valence-corrected chi connectivity index (χ1v) is 7.44. The molecule has 0 aromatic carbocycles. The Morgan fingerprint density at radius 2 is 2.16 bits per heavy atom. The van der Waals surface area contributed by atoms with Crippen LogP contribution in [0.25, 0.3) is 0 Å². The molecule has 1 saturated heterocycles. The van der Waals surface area contributed by atoms with E-state index in [0.29, 0.717) is 0 Å². The molecule has 1 N–H and O–H groups in total. The van der Waals surface area contributed by atoms with E-state index in [4.69, 9.17) is 0 Å². The molecule has 19 heavy (non-hydrogen) atoms. The van der Waals surface area contributed by atoms with Crippen LogP contribution in [0.5, 0.6) is 0 Å². The standard InChI is InChI=1S/C13H26N6/c1-3-4-9-19-13(15-16-17-19)11-18(2)10-12-5-7-14-8-6-12/h12,14H,3-11H2,1-2H3. The van der Waals surface area contributed by atoms with Crippen molar-refractivity contribution in [3.63, 3.8) is 0 Å². The number of nitrogens with one attached hydrogen (secondary N) is 1. The second-order valence-electron chi connectivity index (χ2n) is 5.56. The quantitative estimate of drug-likeness (QED) is 0.795. The molecule has 6 heteroatoms. The maximum absolute atomic E-state index is 4.15. The second kappa shape index (κ2) is 7.55. The van der Waals surface area contributed by atoms with Crippen LogP contribution in [-0.2, 0) is 13.1 Å². The molecule has 1 aromatic heterocycles. The highest BCUT2D eigenvalue weighted by Crippen LogP contribution is 2.13. The summed E-state index contributed by atoms with van der Waals surface area (Å²) in [4.78, 5) is 2.35. The van der Waals surface area contributed by atoms with Gasteiger partial charge in [0.1, 0.15) is 0 Å². The van der Waals surface area contributed by atoms with Gasteiger partial charge in [0.2, 0.25) is 0 Å². The average molecular weight is 266 g/mol. The van der Waals surface area contributed by atoms with Crippen molar-refractivity contribution in [3.05, 3.63) is 5.82 Å². The third-order valence-corrected chi connectivity index (χ3v) is 3.77. The molecule has 0 bridgehead atoms. The van der Waals surface area contributed by atoms with Crippen LogP contribution in [0, 0.1) is 5.92 Å². The summed E-state index contributed by atoms with van der Waals surface area (Å²) < 4.78 is 1.95. The van der Waals surface area contributed by atoms with Crippen molar-refractivity contribution in [1.29, 1.82) is 0 Å². The molecule has 0 aliphatic carbocycles. The zero-order valence-corrected chi connectivity index (χ0v) is 12.2. The summed E-state index contributed by atoms with van der Waals surface area (Å²) >= 11 is 0. The van der Waals surface area contributed by atoms with E-state index < -0.39 is 0 Å². The lowest BCUT2D eigenvalue weighted by Gasteiger charge is -2.27. The number of unbranched alkanes of at least 4 members (excludes halogenated alkanes) is 1. The Hall–Kier alpha value is -1.01. The minimum absolute atomic E-state index is 0.811. The maximum atomic E-state index is 4.15. The second-order valence-corrected chi connectivity index (χ2v) is 5.56. The fourth-order valence-corrected chi connectivity index (χ4v) is 2.63. The Balaban J connectivity index is 1.80. The largest absolute Gasteiger partial charge is 0.317 e. The molecule has 0 spiro atoms. The summed E-state index contributed by atoms with van der Waals surface area (Å²) in [6, 6.07) is 0. The van der Waals surface area contributed by atoms with Crippen LogP contribution in [-0.4, -0.2) is 51.8 Å². The van der Waals surface area contributed by atoms with Crippen molar-refractivity contribution in [3.8, 4) is 0 Å². The molecule has 1 fully saturated rings. The predicted molar refractivity (Wildman–Crippen MR) is 74.7 cm³/mol. The van der Waals surface area contributed by atoms with Crippen molar-refractivity contribution in [2.75, 3.05) is 26.7 Å². The molecule has 1 aliphatic heterocycles. The highest BCUT2D eigenvalue weighted by atomic mass is 15.5. The molecule has 1 aliphatic rings. The van der Waals surface area contributed by atoms with Crippen molar-refractivity contribution >= 4 is 0 Å². The molecule has 0 saturated carbocycles. The van der Waals surface area contributed by atoms with Crippen LogP contribution in [0.1, 0.15) is 38.4 Å². The van der Waals surface area contributed by atoms with Crippen LogP contribution >= 0.6 is 0 Å². The van der Waals surface area contributed by atoms with Gasteiger partial charge in [0, 0.05) is 13.1 Å². The lowest BCUT2D eigenvalue weighted by atomic mass is 9.98. The van der Waals surface area contributed by atoms with Crippen molar-refractivity contribution < 1.29 is 0 Å². The SMILES string of the molecule is CCCCn1nnnc1CN(C)CC1CCNCC1. The molecule has 0 atom stereocenters. The summed E-state index contributed by atoms with van der Waals surface area (Å²) in [5, 5.41) is 15.4. The fraction of sp³-hybridized carbons (Fsp3) is 0.923. The smallest absolute Gasteiger partial charge is 0.165 e. The summed E-state index contributed by atoms with van der Waals surface area (Å²) in [7, 11) is 2.17. The van der Waals surface area contributed by atoms with Gasteiger partial charge in [-0.05, 0) is 55.7 Å². The Kier molecular flexibility index (Phi) is 5.72. The van der Waals surface area contributed by atoms with Gasteiger partial charge < -0.3 is 5.32 Å². The third-order valence-electron chi connectivity index (χ3n) is 3.77. The Labute approximate surface area is 115 Å². The van der Waals surface area contributed by atoms with Gasteiger partial charge in [0.05, 0.1) is 6.54 Å². The van der Waals surface area contributed by atoms with Crippen molar-refractivity contribution in [2.24, 2.45) is 5.92 Å². The molecule has 108 valence electrons. The van der Waals surface area contributed by atoms with E-state index in [2.05, 4.69) is 39.7 Å². The van der Waals surface area contributed by atoms with Gasteiger partial charge >= 0.3 is 0 Å². The van der Waals surface area contributed by atoms with Gasteiger partial charge in [-0.25, -0.2) is 4.68 Å². The predicted octanol–water partition coefficient (Wildman–Crippen LogP) is 0.905. The Morgan fingerprint density at radius 3 is 2.89 bits per heavy atom. The first kappa shape index (κ1) is 14.4. The summed E-state index contributed by atoms with van der Waals surface area (Å²) in [6.45, 7) is 7.43. The zero-order valence-electron chi connectivity index (χ0n) is 12.2. The topological polar surface area (TPSA) is 58.9 Å². The molecule has 6 nitrogen and oxygen atoms in total. The number of rotatable bonds is 7. The average Bonchev–Trinajstić information content (AvgIpc) is 2.84. The van der Waals surface area contributed by atoms with Crippen LogP contribution in [0.3, 0.4) is 0 Å². The van der Waals surface area contributed by atoms with Crippen molar-refractivity contribution in [1.82, 2.24) is 30.4 Å². The van der Waals surface area contributed by atoms with Crippen LogP contribution in [0.15, 0.2) is 0 Å². The maximum Gasteiger partial charge on any atom is 0.165 e. The number of hydrogen-bond acceptors (Lipinski definition) is 5. The van der Waals surface area contributed by atoms with E-state index >= 15 is 0 Å². The van der Waals surface area contributed by atoms with Crippen LogP contribution in [0.4, 0.5) is 0 Å². The first-order chi connectivity index (χ1) is 9.29. The lowest BCUT2D eigenvalue weighted by Crippen LogP contribution is -2.34. The van der Waals surface area contributed by atoms with Gasteiger partial charge in [-0.1, -0.05) is 13.3 Å². The molecule has 0 radical (unpaired) electrons. The normalized spacial score (nSPS) is 17.2. The van der Waals surface area contributed by atoms with Crippen molar-refractivity contribution in [2.45, 2.75) is 45.7 Å². The molecule has 0 amide bonds.